The molecule has 5 unspecified atom stereocenters. The van der Waals surface area contributed by atoms with Gasteiger partial charge in [0, 0.05) is 36.9 Å². The third-order valence-electron chi connectivity index (χ3n) is 9.85. The minimum absolute atomic E-state index is 0.118. The fourth-order valence-corrected chi connectivity index (χ4v) is 8.06. The molecule has 0 saturated carbocycles. The van der Waals surface area contributed by atoms with E-state index in [0.29, 0.717) is 18.0 Å². The van der Waals surface area contributed by atoms with Gasteiger partial charge in [-0.15, -0.1) is 0 Å². The summed E-state index contributed by atoms with van der Waals surface area (Å²) in [6, 6.07) is 43.1. The molecule has 3 heteroatoms. The van der Waals surface area contributed by atoms with E-state index in [9.17, 15) is 0 Å². The van der Waals surface area contributed by atoms with E-state index in [1.165, 1.54) is 48.2 Å². The normalized spacial score (nSPS) is 27.8. The predicted molar refractivity (Wildman–Crippen MR) is 162 cm³/mol. The van der Waals surface area contributed by atoms with E-state index in [-0.39, 0.29) is 5.54 Å². The minimum atomic E-state index is -0.118. The standard InChI is InChI=1S/C36H41N2O/c1-36(31-17-8-4-9-18-31)35(37-27-30-16-12-13-21-34(30)39-2)29-24-25-38(36,32-19-10-5-11-20-32)33(26-29)23-22-28-14-6-3-7-15-28/h3-21,29,33,35,37H,22-27H2,1-2H3/q+1. The van der Waals surface area contributed by atoms with Crippen molar-refractivity contribution in [2.75, 3.05) is 13.7 Å². The van der Waals surface area contributed by atoms with E-state index >= 15 is 0 Å². The van der Waals surface area contributed by atoms with Gasteiger partial charge in [0.1, 0.15) is 17.0 Å². The third kappa shape index (κ3) is 4.48. The van der Waals surface area contributed by atoms with Crippen molar-refractivity contribution < 1.29 is 4.74 Å². The van der Waals surface area contributed by atoms with E-state index in [1.54, 1.807) is 7.11 Å². The first-order valence-corrected chi connectivity index (χ1v) is 14.5. The molecule has 4 aromatic rings. The number of methoxy groups -OCH3 is 1. The SMILES string of the molecule is COc1ccccc1CNC1C2CC[N+](c3ccccc3)(C(CCc3ccccc3)C2)C1(C)c1ccccc1. The van der Waals surface area contributed by atoms with Crippen LogP contribution in [0.15, 0.2) is 115 Å². The van der Waals surface area contributed by atoms with Crippen LogP contribution in [-0.4, -0.2) is 25.7 Å². The highest BCUT2D eigenvalue weighted by atomic mass is 16.5. The Bertz CT molecular complexity index is 1360. The number of benzene rings is 4. The Kier molecular flexibility index (Phi) is 7.29. The highest BCUT2D eigenvalue weighted by Gasteiger charge is 2.66. The third-order valence-corrected chi connectivity index (χ3v) is 9.85. The molecule has 0 aliphatic carbocycles. The van der Waals surface area contributed by atoms with Crippen LogP contribution in [0.2, 0.25) is 0 Å². The van der Waals surface area contributed by atoms with Gasteiger partial charge in [0.15, 0.2) is 0 Å². The van der Waals surface area contributed by atoms with E-state index in [4.69, 9.17) is 4.74 Å². The number of fused-ring (bicyclic) bond motifs is 3. The molecule has 1 N–H and O–H groups in total. The molecular weight excluding hydrogens is 476 g/mol. The predicted octanol–water partition coefficient (Wildman–Crippen LogP) is 7.50. The van der Waals surface area contributed by atoms with Gasteiger partial charge in [-0.05, 0) is 43.0 Å². The molecule has 3 aliphatic rings. The van der Waals surface area contributed by atoms with Crippen LogP contribution in [0.3, 0.4) is 0 Å². The smallest absolute Gasteiger partial charge is 0.142 e. The van der Waals surface area contributed by atoms with Crippen molar-refractivity contribution in [3.05, 3.63) is 132 Å². The van der Waals surface area contributed by atoms with Crippen LogP contribution < -0.4 is 14.5 Å². The molecule has 0 spiro atoms. The van der Waals surface area contributed by atoms with Gasteiger partial charge in [-0.25, -0.2) is 0 Å². The minimum Gasteiger partial charge on any atom is -0.496 e. The number of hydrogen-bond acceptors (Lipinski definition) is 2. The molecule has 2 bridgehead atoms. The highest BCUT2D eigenvalue weighted by molar-refractivity contribution is 5.52. The molecule has 7 rings (SSSR count). The molecule has 39 heavy (non-hydrogen) atoms. The lowest BCUT2D eigenvalue weighted by Gasteiger charge is -2.67. The quantitative estimate of drug-likeness (QED) is 0.232. The number of hydrogen-bond donors (Lipinski definition) is 1. The first-order valence-electron chi connectivity index (χ1n) is 14.5. The van der Waals surface area contributed by atoms with E-state index < -0.39 is 0 Å². The van der Waals surface area contributed by atoms with Crippen molar-refractivity contribution in [3.8, 4) is 5.75 Å². The van der Waals surface area contributed by atoms with Crippen molar-refractivity contribution in [2.45, 2.75) is 56.8 Å². The summed E-state index contributed by atoms with van der Waals surface area (Å²) >= 11 is 0. The van der Waals surface area contributed by atoms with Crippen LogP contribution in [-0.2, 0) is 18.5 Å². The Hall–Kier alpha value is -3.40. The maximum atomic E-state index is 5.72. The summed E-state index contributed by atoms with van der Waals surface area (Å²) in [5, 5.41) is 4.13. The van der Waals surface area contributed by atoms with Gasteiger partial charge in [0.05, 0.1) is 25.7 Å². The summed E-state index contributed by atoms with van der Waals surface area (Å²) in [5.41, 5.74) is 5.43. The molecule has 5 atom stereocenters. The average Bonchev–Trinajstić information content (AvgIpc) is 3.01. The van der Waals surface area contributed by atoms with Gasteiger partial charge in [0.2, 0.25) is 0 Å². The van der Waals surface area contributed by atoms with Crippen molar-refractivity contribution in [3.63, 3.8) is 0 Å². The lowest BCUT2D eigenvalue weighted by atomic mass is 9.62. The van der Waals surface area contributed by atoms with Gasteiger partial charge >= 0.3 is 0 Å². The number of rotatable bonds is 9. The second kappa shape index (κ2) is 11.0. The number of nitrogens with zero attached hydrogens (tertiary/aromatic N) is 1. The number of aryl methyl sites for hydroxylation is 1. The summed E-state index contributed by atoms with van der Waals surface area (Å²) < 4.78 is 6.72. The second-order valence-corrected chi connectivity index (χ2v) is 11.6. The molecule has 0 radical (unpaired) electrons. The first-order chi connectivity index (χ1) is 19.2. The van der Waals surface area contributed by atoms with E-state index in [0.717, 1.165) is 23.2 Å². The molecule has 3 nitrogen and oxygen atoms in total. The van der Waals surface area contributed by atoms with Gasteiger partial charge in [-0.3, -0.25) is 4.48 Å². The average molecular weight is 518 g/mol. The summed E-state index contributed by atoms with van der Waals surface area (Å²) in [7, 11) is 1.77. The number of para-hydroxylation sites is 2. The molecule has 3 aliphatic heterocycles. The van der Waals surface area contributed by atoms with Gasteiger partial charge < -0.3 is 10.1 Å². The van der Waals surface area contributed by atoms with Crippen molar-refractivity contribution >= 4 is 5.69 Å². The lowest BCUT2D eigenvalue weighted by molar-refractivity contribution is -0.0896. The summed E-state index contributed by atoms with van der Waals surface area (Å²) in [4.78, 5) is 0. The fourth-order valence-electron chi connectivity index (χ4n) is 8.06. The fraction of sp³-hybridized carbons (Fsp3) is 0.333. The van der Waals surface area contributed by atoms with Crippen LogP contribution >= 0.6 is 0 Å². The number of ether oxygens (including phenoxy) is 1. The molecule has 0 aromatic heterocycles. The van der Waals surface area contributed by atoms with Crippen LogP contribution in [0.25, 0.3) is 0 Å². The Morgan fingerprint density at radius 2 is 1.46 bits per heavy atom. The zero-order valence-corrected chi connectivity index (χ0v) is 23.3. The van der Waals surface area contributed by atoms with Crippen LogP contribution in [0.1, 0.15) is 42.9 Å². The van der Waals surface area contributed by atoms with Gasteiger partial charge in [-0.2, -0.15) is 0 Å². The monoisotopic (exact) mass is 517 g/mol. The van der Waals surface area contributed by atoms with E-state index in [2.05, 4.69) is 128 Å². The van der Waals surface area contributed by atoms with Gasteiger partial charge in [0.25, 0.3) is 0 Å². The first kappa shape index (κ1) is 25.9. The van der Waals surface area contributed by atoms with Crippen molar-refractivity contribution in [1.82, 2.24) is 9.80 Å². The van der Waals surface area contributed by atoms with Gasteiger partial charge in [-0.1, -0.05) is 97.1 Å². The number of quaternary nitrogens is 1. The largest absolute Gasteiger partial charge is 0.496 e. The molecule has 3 fully saturated rings. The Balaban J connectivity index is 1.44. The molecule has 200 valence electrons. The number of nitrogens with one attached hydrogen (secondary N) is 1. The molecular formula is C36H41N2O+. The topological polar surface area (TPSA) is 21.3 Å². The Morgan fingerprint density at radius 3 is 2.18 bits per heavy atom. The number of piperidine rings is 3. The van der Waals surface area contributed by atoms with E-state index in [1.807, 2.05) is 0 Å². The maximum absolute atomic E-state index is 5.72. The zero-order chi connectivity index (χ0) is 26.7. The van der Waals surface area contributed by atoms with Crippen LogP contribution in [0.4, 0.5) is 5.69 Å². The van der Waals surface area contributed by atoms with Crippen LogP contribution in [0.5, 0.6) is 5.75 Å². The summed E-state index contributed by atoms with van der Waals surface area (Å²) in [6.45, 7) is 4.53. The maximum Gasteiger partial charge on any atom is 0.142 e. The van der Waals surface area contributed by atoms with Crippen LogP contribution in [0, 0.1) is 5.92 Å². The second-order valence-electron chi connectivity index (χ2n) is 11.6. The summed E-state index contributed by atoms with van der Waals surface area (Å²) in [5.74, 6) is 1.58. The Labute approximate surface area is 234 Å². The molecule has 3 heterocycles. The lowest BCUT2D eigenvalue weighted by Crippen LogP contribution is -2.81. The zero-order valence-electron chi connectivity index (χ0n) is 23.3. The Morgan fingerprint density at radius 1 is 0.821 bits per heavy atom. The van der Waals surface area contributed by atoms with Crippen molar-refractivity contribution in [1.29, 1.82) is 0 Å². The molecule has 4 aromatic carbocycles. The van der Waals surface area contributed by atoms with Crippen molar-refractivity contribution in [2.24, 2.45) is 5.92 Å². The molecule has 0 amide bonds. The highest BCUT2D eigenvalue weighted by Crippen LogP contribution is 2.57. The molecule has 3 saturated heterocycles. The summed E-state index contributed by atoms with van der Waals surface area (Å²) in [6.07, 6.45) is 4.79.